The molecule has 0 spiro atoms. The summed E-state index contributed by atoms with van der Waals surface area (Å²) < 4.78 is 33.1. The monoisotopic (exact) mass is 1090 g/mol. The molecule has 0 rings (SSSR count). The van der Waals surface area contributed by atoms with Gasteiger partial charge in [0.15, 0.2) is 6.10 Å². The van der Waals surface area contributed by atoms with Gasteiger partial charge in [-0.05, 0) is 77.0 Å². The Morgan fingerprint density at radius 1 is 0.395 bits per heavy atom. The van der Waals surface area contributed by atoms with Crippen molar-refractivity contribution in [2.75, 3.05) is 26.4 Å². The van der Waals surface area contributed by atoms with Gasteiger partial charge in [0.25, 0.3) is 0 Å². The van der Waals surface area contributed by atoms with E-state index in [1.165, 1.54) is 231 Å². The molecule has 0 saturated carbocycles. The number of rotatable bonds is 62. The van der Waals surface area contributed by atoms with Gasteiger partial charge in [-0.2, -0.15) is 0 Å². The van der Waals surface area contributed by atoms with Gasteiger partial charge in [-0.1, -0.05) is 287 Å². The van der Waals surface area contributed by atoms with Crippen LogP contribution in [0.15, 0.2) is 48.6 Å². The molecule has 0 aliphatic rings. The van der Waals surface area contributed by atoms with Crippen molar-refractivity contribution in [3.05, 3.63) is 48.6 Å². The lowest BCUT2D eigenvalue weighted by Crippen LogP contribution is -2.29. The van der Waals surface area contributed by atoms with E-state index in [0.29, 0.717) is 6.42 Å². The van der Waals surface area contributed by atoms with E-state index < -0.39 is 26.5 Å². The highest BCUT2D eigenvalue weighted by atomic mass is 31.2. The molecule has 0 radical (unpaired) electrons. The Morgan fingerprint density at radius 2 is 0.684 bits per heavy atom. The van der Waals surface area contributed by atoms with Crippen molar-refractivity contribution < 1.29 is 37.6 Å². The summed E-state index contributed by atoms with van der Waals surface area (Å²) in [5, 5.41) is 0. The molecule has 3 N–H and O–H groups in total. The third-order valence-electron chi connectivity index (χ3n) is 14.4. The summed E-state index contributed by atoms with van der Waals surface area (Å²) in [6, 6.07) is 0. The Kier molecular flexibility index (Phi) is 60.5. The zero-order valence-electron chi connectivity index (χ0n) is 50.0. The van der Waals surface area contributed by atoms with Crippen molar-refractivity contribution in [1.29, 1.82) is 0 Å². The molecule has 0 aliphatic carbocycles. The van der Waals surface area contributed by atoms with Gasteiger partial charge in [0, 0.05) is 19.4 Å². The molecule has 76 heavy (non-hydrogen) atoms. The Morgan fingerprint density at radius 3 is 1.03 bits per heavy atom. The van der Waals surface area contributed by atoms with Crippen LogP contribution in [0.4, 0.5) is 0 Å². The number of carbonyl (C=O) groups is 2. The summed E-state index contributed by atoms with van der Waals surface area (Å²) in [6.45, 7) is 3.76. The van der Waals surface area contributed by atoms with Crippen molar-refractivity contribution in [3.63, 3.8) is 0 Å². The number of unbranched alkanes of at least 4 members (excludes halogenated alkanes) is 41. The summed E-state index contributed by atoms with van der Waals surface area (Å²) in [7, 11) is -4.39. The molecule has 0 aromatic carbocycles. The molecule has 0 aliphatic heterocycles. The fourth-order valence-electron chi connectivity index (χ4n) is 9.58. The number of phosphoric ester groups is 1. The maximum absolute atomic E-state index is 12.7. The van der Waals surface area contributed by atoms with Crippen molar-refractivity contribution in [2.24, 2.45) is 5.73 Å². The number of nitrogens with two attached hydrogens (primary N) is 1. The molecule has 0 heterocycles. The fraction of sp³-hybridized carbons (Fsp3) is 0.848. The fourth-order valence-corrected chi connectivity index (χ4v) is 10.3. The van der Waals surface area contributed by atoms with Crippen LogP contribution in [0.5, 0.6) is 0 Å². The summed E-state index contributed by atoms with van der Waals surface area (Å²) in [5.41, 5.74) is 5.39. The van der Waals surface area contributed by atoms with Crippen LogP contribution in [-0.2, 0) is 32.7 Å². The summed E-state index contributed by atoms with van der Waals surface area (Å²) in [4.78, 5) is 35.2. The average molecular weight is 1090 g/mol. The van der Waals surface area contributed by atoms with Crippen molar-refractivity contribution in [2.45, 2.75) is 335 Å². The van der Waals surface area contributed by atoms with Gasteiger partial charge >= 0.3 is 19.8 Å². The Labute approximate surface area is 470 Å². The Balaban J connectivity index is 3.77. The van der Waals surface area contributed by atoms with Gasteiger partial charge < -0.3 is 20.1 Å². The highest BCUT2D eigenvalue weighted by Crippen LogP contribution is 2.43. The molecule has 0 aromatic rings. The van der Waals surface area contributed by atoms with Crippen molar-refractivity contribution >= 4 is 19.8 Å². The van der Waals surface area contributed by atoms with E-state index in [1.54, 1.807) is 0 Å². The van der Waals surface area contributed by atoms with E-state index in [1.807, 2.05) is 0 Å². The zero-order valence-corrected chi connectivity index (χ0v) is 50.9. The van der Waals surface area contributed by atoms with Crippen LogP contribution in [0.2, 0.25) is 0 Å². The maximum atomic E-state index is 12.7. The first-order valence-electron chi connectivity index (χ1n) is 32.6. The predicted octanol–water partition coefficient (Wildman–Crippen LogP) is 20.9. The first-order chi connectivity index (χ1) is 37.3. The van der Waals surface area contributed by atoms with Crippen molar-refractivity contribution in [3.8, 4) is 0 Å². The minimum Gasteiger partial charge on any atom is -0.462 e. The highest BCUT2D eigenvalue weighted by molar-refractivity contribution is 7.47. The molecule has 9 nitrogen and oxygen atoms in total. The molecular formula is C66H124NO8P. The lowest BCUT2D eigenvalue weighted by molar-refractivity contribution is -0.161. The topological polar surface area (TPSA) is 134 Å². The standard InChI is InChI=1S/C66H124NO8P/c1-3-5-7-9-11-13-15-17-19-21-22-23-24-25-26-27-28-29-30-31-32-33-34-35-36-37-38-39-40-41-42-43-45-47-49-51-53-55-57-59-66(69)75-64(63-74-76(70,71)73-61-60-67)62-72-65(68)58-56-54-52-50-48-46-44-20-18-16-14-12-10-8-6-4-2/h15,17,20-22,24-25,44,64H,3-14,16,18-19,23,26-43,45-63,67H2,1-2H3,(H,70,71)/b17-15-,22-21-,25-24-,44-20-. The summed E-state index contributed by atoms with van der Waals surface area (Å²) in [5.74, 6) is -0.823. The second-order valence-corrected chi connectivity index (χ2v) is 23.4. The molecule has 2 unspecified atom stereocenters. The number of carbonyl (C=O) groups excluding carboxylic acids is 2. The molecule has 0 saturated heterocycles. The Hall–Kier alpha value is -2.03. The first-order valence-corrected chi connectivity index (χ1v) is 34.1. The lowest BCUT2D eigenvalue weighted by Gasteiger charge is -2.19. The van der Waals surface area contributed by atoms with Gasteiger partial charge in [0.05, 0.1) is 13.2 Å². The van der Waals surface area contributed by atoms with Gasteiger partial charge in [-0.25, -0.2) is 4.57 Å². The van der Waals surface area contributed by atoms with E-state index >= 15 is 0 Å². The number of ether oxygens (including phenoxy) is 2. The van der Waals surface area contributed by atoms with Crippen LogP contribution < -0.4 is 5.73 Å². The summed E-state index contributed by atoms with van der Waals surface area (Å²) >= 11 is 0. The molecule has 446 valence electrons. The second-order valence-electron chi connectivity index (χ2n) is 22.0. The van der Waals surface area contributed by atoms with Crippen molar-refractivity contribution in [1.82, 2.24) is 0 Å². The number of allylic oxidation sites excluding steroid dienone is 8. The smallest absolute Gasteiger partial charge is 0.462 e. The van der Waals surface area contributed by atoms with Gasteiger partial charge in [0.2, 0.25) is 0 Å². The molecule has 2 atom stereocenters. The second kappa shape index (κ2) is 62.2. The zero-order chi connectivity index (χ0) is 55.2. The molecular weight excluding hydrogens is 966 g/mol. The third kappa shape index (κ3) is 61.2. The summed E-state index contributed by atoms with van der Waals surface area (Å²) in [6.07, 6.45) is 77.8. The van der Waals surface area contributed by atoms with E-state index in [0.717, 1.165) is 64.2 Å². The lowest BCUT2D eigenvalue weighted by atomic mass is 10.0. The number of hydrogen-bond acceptors (Lipinski definition) is 8. The van der Waals surface area contributed by atoms with Crippen LogP contribution in [0, 0.1) is 0 Å². The van der Waals surface area contributed by atoms with E-state index in [2.05, 4.69) is 62.5 Å². The number of esters is 2. The van der Waals surface area contributed by atoms with Gasteiger partial charge in [-0.3, -0.25) is 18.6 Å². The van der Waals surface area contributed by atoms with Gasteiger partial charge in [0.1, 0.15) is 6.61 Å². The molecule has 10 heteroatoms. The van der Waals surface area contributed by atoms with E-state index in [9.17, 15) is 19.0 Å². The third-order valence-corrected chi connectivity index (χ3v) is 15.4. The molecule has 0 bridgehead atoms. The average Bonchev–Trinajstić information content (AvgIpc) is 3.41. The van der Waals surface area contributed by atoms with Crippen LogP contribution in [0.3, 0.4) is 0 Å². The quantitative estimate of drug-likeness (QED) is 0.0264. The minimum absolute atomic E-state index is 0.0537. The molecule has 0 aromatic heterocycles. The van der Waals surface area contributed by atoms with E-state index in [4.69, 9.17) is 24.3 Å². The van der Waals surface area contributed by atoms with Crippen LogP contribution in [0.1, 0.15) is 328 Å². The SMILES string of the molecule is CCCCCCC/C=C\C/C=C\C/C=C\CCCCCCCCCCCCCCCCCCCCCCCCCCC(=O)OC(COC(=O)CCCCCCC/C=C\CCCCCCCCC)COP(=O)(O)OCCN. The largest absolute Gasteiger partial charge is 0.472 e. The molecule has 0 amide bonds. The molecule has 0 fully saturated rings. The first kappa shape index (κ1) is 74.0. The minimum atomic E-state index is -4.39. The van der Waals surface area contributed by atoms with Crippen LogP contribution in [0.25, 0.3) is 0 Å². The van der Waals surface area contributed by atoms with Crippen LogP contribution in [-0.4, -0.2) is 49.3 Å². The maximum Gasteiger partial charge on any atom is 0.472 e. The normalized spacial score (nSPS) is 13.3. The van der Waals surface area contributed by atoms with Crippen LogP contribution >= 0.6 is 7.82 Å². The van der Waals surface area contributed by atoms with E-state index in [-0.39, 0.29) is 38.6 Å². The number of hydrogen-bond donors (Lipinski definition) is 2. The predicted molar refractivity (Wildman–Crippen MR) is 326 cm³/mol. The highest BCUT2D eigenvalue weighted by Gasteiger charge is 2.26. The van der Waals surface area contributed by atoms with Gasteiger partial charge in [-0.15, -0.1) is 0 Å². The Bertz CT molecular complexity index is 1380. The number of phosphoric acid groups is 1.